The molecule has 4 heteroatoms. The maximum absolute atomic E-state index is 11.6. The molecule has 0 saturated carbocycles. The van der Waals surface area contributed by atoms with Crippen LogP contribution in [0.4, 0.5) is 0 Å². The molecule has 0 aliphatic heterocycles. The highest BCUT2D eigenvalue weighted by Crippen LogP contribution is 2.25. The molecule has 0 radical (unpaired) electrons. The topological polar surface area (TPSA) is 39.4 Å². The Bertz CT molecular complexity index is 588. The molecule has 1 aromatic heterocycles. The largest absolute Gasteiger partial charge is 0.474 e. The van der Waals surface area contributed by atoms with E-state index in [0.29, 0.717) is 0 Å². The van der Waals surface area contributed by atoms with E-state index in [1.807, 2.05) is 0 Å². The number of unbranched alkanes of at least 4 members (excludes halogenated alkanes) is 15. The predicted molar refractivity (Wildman–Crippen MR) is 140 cm³/mol. The lowest BCUT2D eigenvalue weighted by Crippen LogP contribution is -2.36. The van der Waals surface area contributed by atoms with Gasteiger partial charge in [0.1, 0.15) is 14.2 Å². The van der Waals surface area contributed by atoms with Crippen LogP contribution in [-0.4, -0.2) is 14.0 Å². The molecule has 0 bridgehead atoms. The van der Waals surface area contributed by atoms with Crippen molar-refractivity contribution in [2.75, 3.05) is 0 Å². The third kappa shape index (κ3) is 14.2. The Morgan fingerprint density at radius 3 is 1.62 bits per heavy atom. The molecule has 0 N–H and O–H groups in total. The van der Waals surface area contributed by atoms with E-state index in [2.05, 4.69) is 32.6 Å². The molecule has 0 fully saturated rings. The lowest BCUT2D eigenvalue weighted by atomic mass is 10.0. The Morgan fingerprint density at radius 2 is 1.25 bits per heavy atom. The van der Waals surface area contributed by atoms with Crippen LogP contribution in [0.1, 0.15) is 135 Å². The van der Waals surface area contributed by atoms with Crippen LogP contribution in [0.25, 0.3) is 0 Å². The van der Waals surface area contributed by atoms with Gasteiger partial charge in [0.2, 0.25) is 0 Å². The lowest BCUT2D eigenvalue weighted by Gasteiger charge is -2.15. The number of esters is 1. The average molecular weight is 465 g/mol. The zero-order valence-corrected chi connectivity index (χ0v) is 23.0. The van der Waals surface area contributed by atoms with Crippen molar-refractivity contribution in [1.29, 1.82) is 0 Å². The van der Waals surface area contributed by atoms with Gasteiger partial charge in [-0.05, 0) is 18.9 Å². The van der Waals surface area contributed by atoms with Crippen molar-refractivity contribution >= 4 is 19.4 Å². The molecule has 0 aliphatic rings. The van der Waals surface area contributed by atoms with Gasteiger partial charge in [-0.2, -0.15) is 0 Å². The first-order chi connectivity index (χ1) is 15.3. The molecule has 0 aromatic carbocycles. The van der Waals surface area contributed by atoms with Crippen molar-refractivity contribution in [1.82, 2.24) is 0 Å². The van der Waals surface area contributed by atoms with Crippen LogP contribution in [0.2, 0.25) is 19.6 Å². The van der Waals surface area contributed by atoms with E-state index in [-0.39, 0.29) is 12.1 Å². The molecule has 3 nitrogen and oxygen atoms in total. The molecule has 1 atom stereocenters. The monoisotopic (exact) mass is 464 g/mol. The van der Waals surface area contributed by atoms with Gasteiger partial charge in [-0.25, -0.2) is 0 Å². The molecule has 0 saturated heterocycles. The highest BCUT2D eigenvalue weighted by Gasteiger charge is 2.24. The number of rotatable bonds is 20. The Kier molecular flexibility index (Phi) is 15.8. The van der Waals surface area contributed by atoms with E-state index in [0.717, 1.165) is 23.8 Å². The van der Waals surface area contributed by atoms with Gasteiger partial charge in [-0.15, -0.1) is 0 Å². The van der Waals surface area contributed by atoms with Crippen molar-refractivity contribution in [3.63, 3.8) is 0 Å². The van der Waals surface area contributed by atoms with Gasteiger partial charge < -0.3 is 9.15 Å². The molecule has 1 aromatic rings. The first-order valence-corrected chi connectivity index (χ1v) is 17.1. The van der Waals surface area contributed by atoms with Gasteiger partial charge >= 0.3 is 5.97 Å². The van der Waals surface area contributed by atoms with Gasteiger partial charge in [0.25, 0.3) is 0 Å². The molecule has 0 spiro atoms. The molecule has 0 aliphatic carbocycles. The molecule has 186 valence electrons. The minimum atomic E-state index is -1.48. The summed E-state index contributed by atoms with van der Waals surface area (Å²) in [6.45, 7) is 10.6. The van der Waals surface area contributed by atoms with Crippen LogP contribution in [0.5, 0.6) is 0 Å². The number of hydrogen-bond donors (Lipinski definition) is 0. The van der Waals surface area contributed by atoms with E-state index in [4.69, 9.17) is 9.15 Å². The fourth-order valence-electron chi connectivity index (χ4n) is 4.28. The number of hydrogen-bond acceptors (Lipinski definition) is 3. The van der Waals surface area contributed by atoms with Gasteiger partial charge in [0.05, 0.1) is 11.6 Å². The molecule has 0 amide bonds. The van der Waals surface area contributed by atoms with Crippen LogP contribution >= 0.6 is 0 Å². The summed E-state index contributed by atoms with van der Waals surface area (Å²) in [7, 11) is -1.48. The summed E-state index contributed by atoms with van der Waals surface area (Å²) in [5.74, 6) is -0.206. The summed E-state index contributed by atoms with van der Waals surface area (Å²) in [6, 6.07) is 2.12. The predicted octanol–water partition coefficient (Wildman–Crippen LogP) is 9.08. The van der Waals surface area contributed by atoms with Crippen LogP contribution < -0.4 is 5.38 Å². The van der Waals surface area contributed by atoms with E-state index in [9.17, 15) is 4.79 Å². The van der Waals surface area contributed by atoms with Crippen molar-refractivity contribution in [3.8, 4) is 0 Å². The smallest absolute Gasteiger partial charge is 0.303 e. The average Bonchev–Trinajstić information content (AvgIpc) is 3.23. The fraction of sp³-hybridized carbons (Fsp3) is 0.821. The Balaban J connectivity index is 2.05. The van der Waals surface area contributed by atoms with Crippen molar-refractivity contribution in [2.24, 2.45) is 0 Å². The lowest BCUT2D eigenvalue weighted by molar-refractivity contribution is -0.147. The van der Waals surface area contributed by atoms with Gasteiger partial charge in [-0.3, -0.25) is 4.79 Å². The Hall–Kier alpha value is -1.03. The maximum Gasteiger partial charge on any atom is 0.303 e. The normalized spacial score (nSPS) is 12.8. The highest BCUT2D eigenvalue weighted by molar-refractivity contribution is 6.87. The molecule has 1 rings (SSSR count). The molecule has 32 heavy (non-hydrogen) atoms. The standard InChI is InChI=1S/C28H52O3Si/c1-6-7-8-9-10-11-12-13-14-15-16-17-18-19-20-21-22-27(31-25(2)29)26-23-28(30-24-26)32(3,4)5/h23-24,27H,6-22H2,1-5H3. The highest BCUT2D eigenvalue weighted by atomic mass is 28.3. The first-order valence-electron chi connectivity index (χ1n) is 13.6. The van der Waals surface area contributed by atoms with Crippen LogP contribution in [0.15, 0.2) is 16.7 Å². The Morgan fingerprint density at radius 1 is 0.812 bits per heavy atom. The summed E-state index contributed by atoms with van der Waals surface area (Å²) in [4.78, 5) is 11.6. The first kappa shape index (κ1) is 29.0. The number of furan rings is 1. The van der Waals surface area contributed by atoms with Gasteiger partial charge in [-0.1, -0.05) is 123 Å². The minimum Gasteiger partial charge on any atom is -0.474 e. The quantitative estimate of drug-likeness (QED) is 0.110. The summed E-state index contributed by atoms with van der Waals surface area (Å²) >= 11 is 0. The van der Waals surface area contributed by atoms with E-state index in [1.165, 1.54) is 103 Å². The third-order valence-electron chi connectivity index (χ3n) is 6.36. The Labute approximate surface area is 200 Å². The van der Waals surface area contributed by atoms with Crippen LogP contribution in [-0.2, 0) is 9.53 Å². The molecular formula is C28H52O3Si. The van der Waals surface area contributed by atoms with Crippen molar-refractivity contribution in [2.45, 2.75) is 149 Å². The summed E-state index contributed by atoms with van der Waals surface area (Å²) in [6.07, 6.45) is 24.4. The number of carbonyl (C=O) groups excluding carboxylic acids is 1. The van der Waals surface area contributed by atoms with Gasteiger partial charge in [0.15, 0.2) is 0 Å². The second-order valence-electron chi connectivity index (χ2n) is 10.7. The van der Waals surface area contributed by atoms with E-state index in [1.54, 1.807) is 6.26 Å². The van der Waals surface area contributed by atoms with E-state index >= 15 is 0 Å². The van der Waals surface area contributed by atoms with E-state index < -0.39 is 8.07 Å². The number of ether oxygens (including phenoxy) is 1. The molecule has 1 heterocycles. The molecular weight excluding hydrogens is 412 g/mol. The third-order valence-corrected chi connectivity index (χ3v) is 8.10. The van der Waals surface area contributed by atoms with Crippen molar-refractivity contribution in [3.05, 3.63) is 17.9 Å². The minimum absolute atomic E-state index is 0.159. The summed E-state index contributed by atoms with van der Waals surface area (Å²) < 4.78 is 11.4. The summed E-state index contributed by atoms with van der Waals surface area (Å²) in [5, 5.41) is 1.08. The van der Waals surface area contributed by atoms with Crippen molar-refractivity contribution < 1.29 is 13.9 Å². The van der Waals surface area contributed by atoms with Crippen LogP contribution in [0, 0.1) is 0 Å². The number of carbonyl (C=O) groups is 1. The van der Waals surface area contributed by atoms with Crippen LogP contribution in [0.3, 0.4) is 0 Å². The second kappa shape index (κ2) is 17.4. The zero-order valence-electron chi connectivity index (χ0n) is 22.0. The summed E-state index contributed by atoms with van der Waals surface area (Å²) in [5.41, 5.74) is 1.03. The SMILES string of the molecule is CCCCCCCCCCCCCCCCCCC(OC(C)=O)c1coc([Si](C)(C)C)c1. The van der Waals surface area contributed by atoms with Gasteiger partial charge in [0, 0.05) is 12.5 Å². The molecule has 1 unspecified atom stereocenters. The zero-order chi connectivity index (χ0) is 23.7. The maximum atomic E-state index is 11.6. The fourth-order valence-corrected chi connectivity index (χ4v) is 5.30. The second-order valence-corrected chi connectivity index (χ2v) is 15.7.